The summed E-state index contributed by atoms with van der Waals surface area (Å²) in [6, 6.07) is 0. The van der Waals surface area contributed by atoms with Crippen LogP contribution in [-0.4, -0.2) is 95.5 Å². The molecule has 48 heavy (non-hydrogen) atoms. The minimum atomic E-state index is -1.40. The molecule has 1 aliphatic heterocycles. The summed E-state index contributed by atoms with van der Waals surface area (Å²) in [6.07, 6.45) is 32.2. The molecule has 1 heterocycles. The quantitative estimate of drug-likeness (QED) is 0.0392. The van der Waals surface area contributed by atoms with E-state index in [0.717, 1.165) is 24.1 Å². The van der Waals surface area contributed by atoms with E-state index in [1.165, 1.54) is 180 Å². The fourth-order valence-electron chi connectivity index (χ4n) is 7.31. The van der Waals surface area contributed by atoms with Crippen molar-refractivity contribution < 1.29 is 34.4 Å². The molecule has 7 heteroatoms. The highest BCUT2D eigenvalue weighted by Crippen LogP contribution is 2.23. The second-order valence-corrected chi connectivity index (χ2v) is 15.6. The Kier molecular flexibility index (Phi) is 30.0. The number of aliphatic hydroxyl groups excluding tert-OH is 4. The van der Waals surface area contributed by atoms with Gasteiger partial charge in [0.1, 0.15) is 31.0 Å². The topological polar surface area (TPSA) is 99.4 Å². The lowest BCUT2D eigenvalue weighted by Crippen LogP contribution is -2.59. The lowest BCUT2D eigenvalue weighted by atomic mass is 9.99. The number of unbranched alkanes of at least 4 members (excludes halogenated alkanes) is 26. The van der Waals surface area contributed by atoms with Crippen LogP contribution in [0.25, 0.3) is 0 Å². The molecule has 0 aromatic carbocycles. The number of hydrogen-bond donors (Lipinski definition) is 4. The molecule has 0 unspecified atom stereocenters. The van der Waals surface area contributed by atoms with Crippen molar-refractivity contribution in [1.82, 2.24) is 0 Å². The molecule has 4 N–H and O–H groups in total. The first-order valence-electron chi connectivity index (χ1n) is 21.1. The molecule has 0 radical (unpaired) electrons. The minimum absolute atomic E-state index is 0.399. The van der Waals surface area contributed by atoms with Gasteiger partial charge < -0.3 is 34.4 Å². The summed E-state index contributed by atoms with van der Waals surface area (Å²) in [5, 5.41) is 40.1. The zero-order valence-electron chi connectivity index (χ0n) is 32.3. The third kappa shape index (κ3) is 23.2. The number of likely N-dealkylation sites (N-methyl/N-ethyl adjacent to an activating group) is 1. The second kappa shape index (κ2) is 31.5. The van der Waals surface area contributed by atoms with Gasteiger partial charge in [-0.05, 0) is 25.7 Å². The average molecular weight is 687 g/mol. The van der Waals surface area contributed by atoms with Crippen LogP contribution in [-0.2, 0) is 9.47 Å². The normalized spacial score (nSPS) is 21.7. The van der Waals surface area contributed by atoms with E-state index in [1.807, 2.05) is 0 Å². The number of aliphatic hydroxyl groups is 4. The van der Waals surface area contributed by atoms with E-state index in [9.17, 15) is 20.4 Å². The first-order valence-corrected chi connectivity index (χ1v) is 21.1. The van der Waals surface area contributed by atoms with Gasteiger partial charge >= 0.3 is 0 Å². The van der Waals surface area contributed by atoms with Gasteiger partial charge in [0.15, 0.2) is 6.29 Å². The van der Waals surface area contributed by atoms with E-state index >= 15 is 0 Å². The van der Waals surface area contributed by atoms with E-state index in [2.05, 4.69) is 20.9 Å². The maximum atomic E-state index is 10.4. The largest absolute Gasteiger partial charge is 0.394 e. The number of nitrogens with zero attached hydrogens (tertiary/aromatic N) is 1. The predicted octanol–water partition coefficient (Wildman–Crippen LogP) is 9.21. The molecule has 0 aromatic rings. The van der Waals surface area contributed by atoms with Crippen molar-refractivity contribution in [2.24, 2.45) is 0 Å². The van der Waals surface area contributed by atoms with Gasteiger partial charge in [-0.3, -0.25) is 0 Å². The van der Waals surface area contributed by atoms with Gasteiger partial charge in [0.2, 0.25) is 0 Å². The van der Waals surface area contributed by atoms with Crippen molar-refractivity contribution in [2.45, 2.75) is 224 Å². The molecular formula is C41H84NO6+. The van der Waals surface area contributed by atoms with Crippen LogP contribution in [0.5, 0.6) is 0 Å². The van der Waals surface area contributed by atoms with Gasteiger partial charge in [0, 0.05) is 0 Å². The van der Waals surface area contributed by atoms with Crippen LogP contribution in [0, 0.1) is 0 Å². The first-order chi connectivity index (χ1) is 23.4. The Hall–Kier alpha value is -0.280. The summed E-state index contributed by atoms with van der Waals surface area (Å²) in [4.78, 5) is 0. The smallest absolute Gasteiger partial charge is 0.186 e. The van der Waals surface area contributed by atoms with Crippen molar-refractivity contribution in [3.05, 3.63) is 0 Å². The van der Waals surface area contributed by atoms with Gasteiger partial charge in [-0.2, -0.15) is 0 Å². The minimum Gasteiger partial charge on any atom is -0.394 e. The Morgan fingerprint density at radius 1 is 0.458 bits per heavy atom. The van der Waals surface area contributed by atoms with E-state index in [4.69, 9.17) is 9.47 Å². The van der Waals surface area contributed by atoms with E-state index in [0.29, 0.717) is 6.61 Å². The SMILES string of the molecule is CCCCCCCCCCCCCCCC[N+](C)(CCCCCCCCCCCCCCCC)CCO[C@H]1O[C@H](CO)[C@@H](O)[C@H](O)[C@@H]1O. The maximum Gasteiger partial charge on any atom is 0.186 e. The molecule has 1 aliphatic rings. The fourth-order valence-corrected chi connectivity index (χ4v) is 7.31. The van der Waals surface area contributed by atoms with Crippen molar-refractivity contribution in [2.75, 3.05) is 39.9 Å². The highest BCUT2D eigenvalue weighted by atomic mass is 16.7. The molecule has 7 nitrogen and oxygen atoms in total. The van der Waals surface area contributed by atoms with Crippen LogP contribution in [0.3, 0.4) is 0 Å². The summed E-state index contributed by atoms with van der Waals surface area (Å²) < 4.78 is 12.4. The molecule has 0 saturated carbocycles. The Labute approximate surface area is 298 Å². The molecule has 0 spiro atoms. The highest BCUT2D eigenvalue weighted by molar-refractivity contribution is 4.88. The summed E-state index contributed by atoms with van der Waals surface area (Å²) in [5.74, 6) is 0. The molecule has 5 atom stereocenters. The van der Waals surface area contributed by atoms with E-state index in [1.54, 1.807) is 0 Å². The molecule has 1 saturated heterocycles. The summed E-state index contributed by atoms with van der Waals surface area (Å²) in [6.45, 7) is 7.58. The van der Waals surface area contributed by atoms with Crippen LogP contribution < -0.4 is 0 Å². The Bertz CT molecular complexity index is 647. The standard InChI is InChI=1S/C41H84NO6/c1-4-6-8-10-12-14-16-18-20-22-24-26-28-30-32-42(3,34-35-47-41-40(46)39(45)38(44)37(36-43)48-41)33-31-29-27-25-23-21-19-17-15-13-11-9-7-5-2/h37-41,43-46H,4-36H2,1-3H3/q+1/t37-,38-,39+,40+,41+/m1/s1. The second-order valence-electron chi connectivity index (χ2n) is 15.6. The molecule has 0 aromatic heterocycles. The number of hydrogen-bond acceptors (Lipinski definition) is 6. The molecule has 288 valence electrons. The van der Waals surface area contributed by atoms with Gasteiger partial charge in [-0.15, -0.1) is 0 Å². The first kappa shape index (κ1) is 45.7. The van der Waals surface area contributed by atoms with Crippen LogP contribution in [0.2, 0.25) is 0 Å². The Balaban J connectivity index is 2.31. The monoisotopic (exact) mass is 687 g/mol. The van der Waals surface area contributed by atoms with Gasteiger partial charge in [-0.25, -0.2) is 0 Å². The van der Waals surface area contributed by atoms with Gasteiger partial charge in [0.05, 0.1) is 33.4 Å². The maximum absolute atomic E-state index is 10.4. The molecule has 0 amide bonds. The van der Waals surface area contributed by atoms with Crippen LogP contribution in [0.1, 0.15) is 194 Å². The molecule has 1 rings (SSSR count). The van der Waals surface area contributed by atoms with Crippen molar-refractivity contribution in [1.29, 1.82) is 0 Å². The number of rotatable bonds is 35. The van der Waals surface area contributed by atoms with Crippen molar-refractivity contribution >= 4 is 0 Å². The lowest BCUT2D eigenvalue weighted by Gasteiger charge is -2.40. The molecular weight excluding hydrogens is 602 g/mol. The zero-order valence-corrected chi connectivity index (χ0v) is 32.3. The summed E-state index contributed by atoms with van der Waals surface area (Å²) in [7, 11) is 2.33. The summed E-state index contributed by atoms with van der Waals surface area (Å²) >= 11 is 0. The van der Waals surface area contributed by atoms with Crippen LogP contribution in [0.15, 0.2) is 0 Å². The fraction of sp³-hybridized carbons (Fsp3) is 1.00. The third-order valence-electron chi connectivity index (χ3n) is 10.9. The van der Waals surface area contributed by atoms with Crippen LogP contribution >= 0.6 is 0 Å². The van der Waals surface area contributed by atoms with Crippen LogP contribution in [0.4, 0.5) is 0 Å². The number of ether oxygens (including phenoxy) is 2. The predicted molar refractivity (Wildman–Crippen MR) is 201 cm³/mol. The Morgan fingerprint density at radius 2 is 0.792 bits per heavy atom. The van der Waals surface area contributed by atoms with Gasteiger partial charge in [-0.1, -0.05) is 168 Å². The Morgan fingerprint density at radius 3 is 1.12 bits per heavy atom. The highest BCUT2D eigenvalue weighted by Gasteiger charge is 2.44. The third-order valence-corrected chi connectivity index (χ3v) is 10.9. The molecule has 0 aliphatic carbocycles. The van der Waals surface area contributed by atoms with E-state index < -0.39 is 37.3 Å². The van der Waals surface area contributed by atoms with Crippen molar-refractivity contribution in [3.8, 4) is 0 Å². The lowest BCUT2D eigenvalue weighted by molar-refractivity contribution is -0.910. The average Bonchev–Trinajstić information content (AvgIpc) is 3.08. The van der Waals surface area contributed by atoms with Gasteiger partial charge in [0.25, 0.3) is 0 Å². The molecule has 1 fully saturated rings. The summed E-state index contributed by atoms with van der Waals surface area (Å²) in [5.41, 5.74) is 0. The van der Waals surface area contributed by atoms with Crippen molar-refractivity contribution in [3.63, 3.8) is 0 Å². The van der Waals surface area contributed by atoms with E-state index in [-0.39, 0.29) is 0 Å². The number of quaternary nitrogens is 1. The zero-order chi connectivity index (χ0) is 35.1. The molecule has 0 bridgehead atoms.